The first-order valence-corrected chi connectivity index (χ1v) is 5.34. The summed E-state index contributed by atoms with van der Waals surface area (Å²) in [5, 5.41) is 0. The molecule has 0 spiro atoms. The third-order valence-electron chi connectivity index (χ3n) is 2.74. The normalized spacial score (nSPS) is 12.3. The van der Waals surface area contributed by atoms with Crippen molar-refractivity contribution >= 4 is 17.1 Å². The summed E-state index contributed by atoms with van der Waals surface area (Å²) in [6.45, 7) is 0. The Bertz CT molecular complexity index is 519. The third-order valence-corrected chi connectivity index (χ3v) is 2.74. The van der Waals surface area contributed by atoms with Gasteiger partial charge in [-0.15, -0.1) is 0 Å². The van der Waals surface area contributed by atoms with Crippen molar-refractivity contribution in [2.24, 2.45) is 5.73 Å². The van der Waals surface area contributed by atoms with Crippen LogP contribution in [-0.2, 0) is 0 Å². The summed E-state index contributed by atoms with van der Waals surface area (Å²) in [6.07, 6.45) is 0. The topological polar surface area (TPSA) is 104 Å². The molecule has 0 saturated heterocycles. The van der Waals surface area contributed by atoms with Gasteiger partial charge in [0.2, 0.25) is 0 Å². The Hall–Kier alpha value is -2.20. The second kappa shape index (κ2) is 4.35. The van der Waals surface area contributed by atoms with Crippen molar-refractivity contribution in [2.75, 3.05) is 17.2 Å². The van der Waals surface area contributed by atoms with Gasteiger partial charge in [0.15, 0.2) is 0 Å². The lowest BCUT2D eigenvalue weighted by Crippen LogP contribution is -2.14. The fourth-order valence-electron chi connectivity index (χ4n) is 1.76. The molecule has 1 unspecified atom stereocenters. The van der Waals surface area contributed by atoms with Crippen molar-refractivity contribution in [3.05, 3.63) is 53.6 Å². The molecule has 8 N–H and O–H groups in total. The first-order chi connectivity index (χ1) is 8.08. The van der Waals surface area contributed by atoms with E-state index in [1.165, 1.54) is 0 Å². The molecule has 1 atom stereocenters. The Balaban J connectivity index is 2.36. The Morgan fingerprint density at radius 3 is 1.94 bits per heavy atom. The molecule has 2 aromatic rings. The number of benzene rings is 2. The summed E-state index contributed by atoms with van der Waals surface area (Å²) < 4.78 is 0. The molecule has 4 heteroatoms. The Morgan fingerprint density at radius 2 is 1.35 bits per heavy atom. The van der Waals surface area contributed by atoms with Crippen LogP contribution >= 0.6 is 0 Å². The van der Waals surface area contributed by atoms with E-state index in [4.69, 9.17) is 22.9 Å². The molecule has 17 heavy (non-hydrogen) atoms. The van der Waals surface area contributed by atoms with E-state index in [1.807, 2.05) is 30.3 Å². The van der Waals surface area contributed by atoms with Gasteiger partial charge in [0, 0.05) is 17.1 Å². The molecule has 0 bridgehead atoms. The zero-order valence-electron chi connectivity index (χ0n) is 9.43. The zero-order chi connectivity index (χ0) is 12.4. The summed E-state index contributed by atoms with van der Waals surface area (Å²) in [6, 6.07) is 12.5. The van der Waals surface area contributed by atoms with Crippen LogP contribution in [0.4, 0.5) is 17.1 Å². The molecule has 0 amide bonds. The number of nitrogens with two attached hydrogens (primary N) is 4. The van der Waals surface area contributed by atoms with Gasteiger partial charge in [-0.05, 0) is 35.4 Å². The number of anilines is 3. The minimum Gasteiger partial charge on any atom is -0.399 e. The SMILES string of the molecule is Nc1ccc(C(N)c2ccc(N)cc2N)cc1. The van der Waals surface area contributed by atoms with E-state index in [2.05, 4.69) is 0 Å². The quantitative estimate of drug-likeness (QED) is 0.584. The van der Waals surface area contributed by atoms with Gasteiger partial charge in [-0.1, -0.05) is 18.2 Å². The summed E-state index contributed by atoms with van der Waals surface area (Å²) in [7, 11) is 0. The second-order valence-electron chi connectivity index (χ2n) is 4.03. The van der Waals surface area contributed by atoms with Crippen molar-refractivity contribution in [1.29, 1.82) is 0 Å². The average molecular weight is 228 g/mol. The number of nitrogen functional groups attached to an aromatic ring is 3. The van der Waals surface area contributed by atoms with E-state index in [9.17, 15) is 0 Å². The van der Waals surface area contributed by atoms with Crippen LogP contribution in [0.1, 0.15) is 17.2 Å². The lowest BCUT2D eigenvalue weighted by atomic mass is 9.97. The van der Waals surface area contributed by atoms with Crippen molar-refractivity contribution in [3.8, 4) is 0 Å². The maximum atomic E-state index is 6.16. The monoisotopic (exact) mass is 228 g/mol. The van der Waals surface area contributed by atoms with Gasteiger partial charge in [0.05, 0.1) is 6.04 Å². The molecule has 2 rings (SSSR count). The van der Waals surface area contributed by atoms with Crippen LogP contribution in [0.5, 0.6) is 0 Å². The van der Waals surface area contributed by atoms with E-state index >= 15 is 0 Å². The second-order valence-corrected chi connectivity index (χ2v) is 4.03. The molecular formula is C13H16N4. The van der Waals surface area contributed by atoms with Crippen LogP contribution in [0.15, 0.2) is 42.5 Å². The van der Waals surface area contributed by atoms with Crippen LogP contribution in [0, 0.1) is 0 Å². The molecule has 0 aliphatic carbocycles. The third kappa shape index (κ3) is 2.32. The molecule has 0 fully saturated rings. The summed E-state index contributed by atoms with van der Waals surface area (Å²) in [5.41, 5.74) is 27.1. The number of hydrogen-bond acceptors (Lipinski definition) is 4. The van der Waals surface area contributed by atoms with Crippen LogP contribution in [0.25, 0.3) is 0 Å². The van der Waals surface area contributed by atoms with Crippen LogP contribution in [0.3, 0.4) is 0 Å². The smallest absolute Gasteiger partial charge is 0.0572 e. The van der Waals surface area contributed by atoms with E-state index in [0.29, 0.717) is 17.1 Å². The fourth-order valence-corrected chi connectivity index (χ4v) is 1.76. The molecule has 0 aromatic heterocycles. The molecule has 2 aromatic carbocycles. The minimum atomic E-state index is -0.267. The maximum absolute atomic E-state index is 6.16. The molecule has 0 radical (unpaired) electrons. The largest absolute Gasteiger partial charge is 0.399 e. The standard InChI is InChI=1S/C13H16N4/c14-9-3-1-8(2-4-9)13(17)11-6-5-10(15)7-12(11)16/h1-7,13H,14-17H2. The molecular weight excluding hydrogens is 212 g/mol. The molecule has 0 aliphatic heterocycles. The minimum absolute atomic E-state index is 0.267. The van der Waals surface area contributed by atoms with Crippen LogP contribution in [0.2, 0.25) is 0 Å². The molecule has 0 aliphatic rings. The van der Waals surface area contributed by atoms with Gasteiger partial charge in [-0.25, -0.2) is 0 Å². The molecule has 4 nitrogen and oxygen atoms in total. The summed E-state index contributed by atoms with van der Waals surface area (Å²) in [4.78, 5) is 0. The van der Waals surface area contributed by atoms with Crippen molar-refractivity contribution in [1.82, 2.24) is 0 Å². The van der Waals surface area contributed by atoms with E-state index in [0.717, 1.165) is 11.1 Å². The van der Waals surface area contributed by atoms with Crippen molar-refractivity contribution in [3.63, 3.8) is 0 Å². The van der Waals surface area contributed by atoms with Gasteiger partial charge in [-0.2, -0.15) is 0 Å². The molecule has 0 heterocycles. The van der Waals surface area contributed by atoms with Gasteiger partial charge in [0.1, 0.15) is 0 Å². The highest BCUT2D eigenvalue weighted by atomic mass is 14.7. The van der Waals surface area contributed by atoms with Gasteiger partial charge in [-0.3, -0.25) is 0 Å². The van der Waals surface area contributed by atoms with Crippen LogP contribution < -0.4 is 22.9 Å². The van der Waals surface area contributed by atoms with E-state index < -0.39 is 0 Å². The Morgan fingerprint density at radius 1 is 0.765 bits per heavy atom. The predicted octanol–water partition coefficient (Wildman–Crippen LogP) is 1.48. The van der Waals surface area contributed by atoms with Crippen LogP contribution in [-0.4, -0.2) is 0 Å². The average Bonchev–Trinajstić information content (AvgIpc) is 2.29. The Labute approximate surface area is 100 Å². The number of hydrogen-bond donors (Lipinski definition) is 4. The highest BCUT2D eigenvalue weighted by Crippen LogP contribution is 2.26. The predicted molar refractivity (Wildman–Crippen MR) is 72.2 cm³/mol. The molecule has 88 valence electrons. The van der Waals surface area contributed by atoms with Crippen molar-refractivity contribution in [2.45, 2.75) is 6.04 Å². The van der Waals surface area contributed by atoms with Gasteiger partial charge < -0.3 is 22.9 Å². The molecule has 0 saturated carbocycles. The first kappa shape index (κ1) is 11.3. The van der Waals surface area contributed by atoms with Crippen molar-refractivity contribution < 1.29 is 0 Å². The highest BCUT2D eigenvalue weighted by Gasteiger charge is 2.11. The lowest BCUT2D eigenvalue weighted by molar-refractivity contribution is 0.875. The van der Waals surface area contributed by atoms with E-state index in [1.54, 1.807) is 12.1 Å². The van der Waals surface area contributed by atoms with Gasteiger partial charge in [0.25, 0.3) is 0 Å². The summed E-state index contributed by atoms with van der Waals surface area (Å²) >= 11 is 0. The first-order valence-electron chi connectivity index (χ1n) is 5.34. The van der Waals surface area contributed by atoms with E-state index in [-0.39, 0.29) is 6.04 Å². The summed E-state index contributed by atoms with van der Waals surface area (Å²) in [5.74, 6) is 0. The zero-order valence-corrected chi connectivity index (χ0v) is 9.43. The lowest BCUT2D eigenvalue weighted by Gasteiger charge is -2.15. The maximum Gasteiger partial charge on any atom is 0.0572 e. The Kier molecular flexibility index (Phi) is 2.89. The fraction of sp³-hybridized carbons (Fsp3) is 0.0769. The highest BCUT2D eigenvalue weighted by molar-refractivity contribution is 5.59. The van der Waals surface area contributed by atoms with Gasteiger partial charge >= 0.3 is 0 Å². The number of rotatable bonds is 2.